The van der Waals surface area contributed by atoms with Crippen molar-refractivity contribution in [3.63, 3.8) is 0 Å². The molecule has 7 heteroatoms. The largest absolute Gasteiger partial charge is 0.480 e. The molecule has 2 N–H and O–H groups in total. The van der Waals surface area contributed by atoms with E-state index in [9.17, 15) is 14.7 Å². The Morgan fingerprint density at radius 1 is 1.25 bits per heavy atom. The summed E-state index contributed by atoms with van der Waals surface area (Å²) in [6, 6.07) is 2.90. The summed E-state index contributed by atoms with van der Waals surface area (Å²) < 4.78 is 5.05. The van der Waals surface area contributed by atoms with E-state index in [1.54, 1.807) is 6.92 Å². The monoisotopic (exact) mass is 374 g/mol. The van der Waals surface area contributed by atoms with Gasteiger partial charge in [-0.15, -0.1) is 0 Å². The molecule has 0 radical (unpaired) electrons. The van der Waals surface area contributed by atoms with Crippen LogP contribution < -0.4 is 4.74 Å². The van der Waals surface area contributed by atoms with Gasteiger partial charge in [-0.05, 0) is 37.8 Å². The van der Waals surface area contributed by atoms with Crippen molar-refractivity contribution in [3.05, 3.63) is 27.7 Å². The first kappa shape index (κ1) is 19.0. The second kappa shape index (κ2) is 7.72. The number of carbonyl (C=O) groups is 2. The van der Waals surface area contributed by atoms with Gasteiger partial charge in [0.05, 0.1) is 17.0 Å². The highest BCUT2D eigenvalue weighted by Gasteiger charge is 2.43. The summed E-state index contributed by atoms with van der Waals surface area (Å²) in [7, 11) is 0. The molecule has 0 bridgehead atoms. The first-order valence-corrected chi connectivity index (χ1v) is 8.55. The van der Waals surface area contributed by atoms with Crippen molar-refractivity contribution in [1.29, 1.82) is 0 Å². The Morgan fingerprint density at radius 2 is 1.88 bits per heavy atom. The molecule has 2 rings (SSSR count). The molecule has 1 saturated carbocycles. The lowest BCUT2D eigenvalue weighted by atomic mass is 9.71. The lowest BCUT2D eigenvalue weighted by Crippen LogP contribution is -2.38. The van der Waals surface area contributed by atoms with Gasteiger partial charge in [0.25, 0.3) is 0 Å². The van der Waals surface area contributed by atoms with E-state index in [2.05, 4.69) is 0 Å². The Morgan fingerprint density at radius 3 is 2.42 bits per heavy atom. The summed E-state index contributed by atoms with van der Waals surface area (Å²) in [5.41, 5.74) is -0.694. The molecule has 24 heavy (non-hydrogen) atoms. The van der Waals surface area contributed by atoms with Crippen LogP contribution in [0.2, 0.25) is 10.0 Å². The molecular weight excluding hydrogens is 355 g/mol. The molecule has 1 aromatic rings. The quantitative estimate of drug-likeness (QED) is 0.708. The number of aliphatic carboxylic acids is 1. The van der Waals surface area contributed by atoms with Crippen LogP contribution in [0.25, 0.3) is 0 Å². The van der Waals surface area contributed by atoms with Crippen molar-refractivity contribution in [2.75, 3.05) is 13.2 Å². The number of aliphatic hydroxyl groups excluding tert-OH is 1. The van der Waals surface area contributed by atoms with Crippen LogP contribution in [0, 0.1) is 11.3 Å². The minimum Gasteiger partial charge on any atom is -0.480 e. The van der Waals surface area contributed by atoms with Gasteiger partial charge in [-0.1, -0.05) is 36.0 Å². The maximum atomic E-state index is 13.0. The molecule has 0 aliphatic heterocycles. The molecule has 0 spiro atoms. The number of hydrogen-bond donors (Lipinski definition) is 2. The molecule has 1 aliphatic rings. The Hall–Kier alpha value is -1.30. The van der Waals surface area contributed by atoms with Crippen LogP contribution in [0.4, 0.5) is 0 Å². The van der Waals surface area contributed by atoms with Gasteiger partial charge in [-0.3, -0.25) is 4.79 Å². The molecule has 1 fully saturated rings. The second-order valence-electron chi connectivity index (χ2n) is 6.31. The Kier molecular flexibility index (Phi) is 6.12. The van der Waals surface area contributed by atoms with Gasteiger partial charge in [0, 0.05) is 5.56 Å². The molecule has 0 saturated heterocycles. The fourth-order valence-electron chi connectivity index (χ4n) is 3.21. The number of carbonyl (C=O) groups excluding carboxylic acids is 1. The van der Waals surface area contributed by atoms with Gasteiger partial charge in [0.1, 0.15) is 10.8 Å². The van der Waals surface area contributed by atoms with E-state index in [0.29, 0.717) is 0 Å². The SMILES string of the molecule is CC(CO)(C(=O)c1ccc(OCC(=O)O)c(Cl)c1Cl)C1CCCC1. The molecule has 132 valence electrons. The number of aliphatic hydroxyl groups is 1. The van der Waals surface area contributed by atoms with Gasteiger partial charge in [-0.25, -0.2) is 4.79 Å². The summed E-state index contributed by atoms with van der Waals surface area (Å²) in [5, 5.41) is 18.5. The highest BCUT2D eigenvalue weighted by Crippen LogP contribution is 2.44. The minimum atomic E-state index is -1.14. The number of carboxylic acids is 1. The number of ketones is 1. The zero-order valence-corrected chi connectivity index (χ0v) is 14.9. The number of Topliss-reactive ketones (excluding diaryl/α,β-unsaturated/α-hetero) is 1. The molecule has 0 amide bonds. The van der Waals surface area contributed by atoms with E-state index >= 15 is 0 Å². The van der Waals surface area contributed by atoms with Crippen molar-refractivity contribution in [2.45, 2.75) is 32.6 Å². The van der Waals surface area contributed by atoms with Crippen molar-refractivity contribution in [1.82, 2.24) is 0 Å². The van der Waals surface area contributed by atoms with Crippen molar-refractivity contribution in [3.8, 4) is 5.75 Å². The highest BCUT2D eigenvalue weighted by atomic mass is 35.5. The van der Waals surface area contributed by atoms with Crippen LogP contribution in [0.15, 0.2) is 12.1 Å². The Bertz CT molecular complexity index is 640. The number of hydrogen-bond acceptors (Lipinski definition) is 4. The highest BCUT2D eigenvalue weighted by molar-refractivity contribution is 6.45. The van der Waals surface area contributed by atoms with Gasteiger partial charge in [0.15, 0.2) is 12.4 Å². The fourth-order valence-corrected chi connectivity index (χ4v) is 3.68. The third-order valence-corrected chi connectivity index (χ3v) is 5.61. The smallest absolute Gasteiger partial charge is 0.341 e. The first-order valence-electron chi connectivity index (χ1n) is 7.79. The predicted octanol–water partition coefficient (Wildman–Crippen LogP) is 3.83. The predicted molar refractivity (Wildman–Crippen MR) is 91.1 cm³/mol. The van der Waals surface area contributed by atoms with E-state index < -0.39 is 18.0 Å². The van der Waals surface area contributed by atoms with E-state index in [0.717, 1.165) is 25.7 Å². The van der Waals surface area contributed by atoms with Crippen LogP contribution in [-0.2, 0) is 4.79 Å². The molecular formula is C17H20Cl2O5. The molecule has 0 aromatic heterocycles. The lowest BCUT2D eigenvalue weighted by molar-refractivity contribution is -0.139. The van der Waals surface area contributed by atoms with Crippen LogP contribution in [0.5, 0.6) is 5.75 Å². The van der Waals surface area contributed by atoms with E-state index in [4.69, 9.17) is 33.0 Å². The average Bonchev–Trinajstić information content (AvgIpc) is 3.09. The van der Waals surface area contributed by atoms with Gasteiger partial charge in [0.2, 0.25) is 0 Å². The molecule has 0 heterocycles. The number of ether oxygens (including phenoxy) is 1. The average molecular weight is 375 g/mol. The topological polar surface area (TPSA) is 83.8 Å². The Balaban J connectivity index is 2.32. The molecule has 1 atom stereocenters. The zero-order chi connectivity index (χ0) is 17.9. The minimum absolute atomic E-state index is 0.00419. The normalized spacial score (nSPS) is 17.5. The van der Waals surface area contributed by atoms with Gasteiger partial charge in [-0.2, -0.15) is 0 Å². The number of benzene rings is 1. The fraction of sp³-hybridized carbons (Fsp3) is 0.529. The van der Waals surface area contributed by atoms with E-state index in [1.807, 2.05) is 0 Å². The van der Waals surface area contributed by atoms with Crippen molar-refractivity contribution in [2.24, 2.45) is 11.3 Å². The third kappa shape index (κ3) is 3.68. The van der Waals surface area contributed by atoms with E-state index in [1.165, 1.54) is 12.1 Å². The number of carboxylic acid groups (broad SMARTS) is 1. The summed E-state index contributed by atoms with van der Waals surface area (Å²) in [5.74, 6) is -1.19. The molecule has 5 nitrogen and oxygen atoms in total. The third-order valence-electron chi connectivity index (χ3n) is 4.75. The maximum Gasteiger partial charge on any atom is 0.341 e. The van der Waals surface area contributed by atoms with Crippen molar-refractivity contribution >= 4 is 35.0 Å². The summed E-state index contributed by atoms with van der Waals surface area (Å²) in [4.78, 5) is 23.6. The summed E-state index contributed by atoms with van der Waals surface area (Å²) in [6.07, 6.45) is 3.88. The lowest BCUT2D eigenvalue weighted by Gasteiger charge is -2.32. The van der Waals surface area contributed by atoms with Crippen LogP contribution in [0.3, 0.4) is 0 Å². The van der Waals surface area contributed by atoms with Crippen LogP contribution >= 0.6 is 23.2 Å². The zero-order valence-electron chi connectivity index (χ0n) is 13.3. The number of halogens is 2. The van der Waals surface area contributed by atoms with E-state index in [-0.39, 0.29) is 39.7 Å². The van der Waals surface area contributed by atoms with Crippen LogP contribution in [-0.4, -0.2) is 35.2 Å². The number of rotatable bonds is 7. The summed E-state index contributed by atoms with van der Waals surface area (Å²) >= 11 is 12.3. The van der Waals surface area contributed by atoms with Crippen LogP contribution in [0.1, 0.15) is 43.0 Å². The molecule has 1 aliphatic carbocycles. The van der Waals surface area contributed by atoms with Gasteiger partial charge < -0.3 is 14.9 Å². The van der Waals surface area contributed by atoms with Crippen molar-refractivity contribution < 1.29 is 24.5 Å². The molecule has 1 unspecified atom stereocenters. The summed E-state index contributed by atoms with van der Waals surface area (Å²) in [6.45, 7) is 0.936. The standard InChI is InChI=1S/C17H20Cl2O5/c1-17(9-20,10-4-2-3-5-10)16(23)11-6-7-12(15(19)14(11)18)24-8-13(21)22/h6-7,10,20H,2-5,8-9H2,1H3,(H,21,22). The second-order valence-corrected chi connectivity index (χ2v) is 7.06. The first-order chi connectivity index (χ1) is 11.3. The van der Waals surface area contributed by atoms with Gasteiger partial charge >= 0.3 is 5.97 Å². The maximum absolute atomic E-state index is 13.0. The Labute approximate surface area is 150 Å². The molecule has 1 aromatic carbocycles.